The first-order valence-electron chi connectivity index (χ1n) is 17.1. The van der Waals surface area contributed by atoms with Crippen LogP contribution >= 0.6 is 0 Å². The zero-order chi connectivity index (χ0) is 39.2. The number of aliphatic hydroxyl groups excluding tert-OH is 2. The first-order chi connectivity index (χ1) is 25.6. The fourth-order valence-corrected chi connectivity index (χ4v) is 6.17. The van der Waals surface area contributed by atoms with Crippen LogP contribution in [-0.4, -0.2) is 73.1 Å². The molecule has 0 atom stereocenters. The van der Waals surface area contributed by atoms with E-state index in [2.05, 4.69) is 15.0 Å². The Balaban J connectivity index is 0.000000208. The minimum Gasteiger partial charge on any atom is -0.392 e. The zero-order valence-electron chi connectivity index (χ0n) is 29.6. The number of pyridine rings is 3. The van der Waals surface area contributed by atoms with Gasteiger partial charge in [0.1, 0.15) is 11.4 Å². The summed E-state index contributed by atoms with van der Waals surface area (Å²) in [4.78, 5) is 38.8. The van der Waals surface area contributed by atoms with E-state index >= 15 is 0 Å². The number of hydrogen-bond donors (Lipinski definition) is 2. The van der Waals surface area contributed by atoms with Gasteiger partial charge in [0.2, 0.25) is 11.8 Å². The highest BCUT2D eigenvalue weighted by molar-refractivity contribution is 5.78. The van der Waals surface area contributed by atoms with E-state index in [0.29, 0.717) is 91.3 Å². The van der Waals surface area contributed by atoms with Crippen LogP contribution in [0.25, 0.3) is 22.5 Å². The van der Waals surface area contributed by atoms with Crippen molar-refractivity contribution in [2.75, 3.05) is 26.3 Å². The van der Waals surface area contributed by atoms with Gasteiger partial charge in [-0.15, -0.1) is 0 Å². The monoisotopic (exact) mass is 759 g/mol. The van der Waals surface area contributed by atoms with Crippen molar-refractivity contribution in [1.29, 1.82) is 0 Å². The molecule has 2 amide bonds. The Morgan fingerprint density at radius 3 is 1.74 bits per heavy atom. The van der Waals surface area contributed by atoms with E-state index in [1.165, 1.54) is 20.0 Å². The average Bonchev–Trinajstić information content (AvgIpc) is 3.42. The summed E-state index contributed by atoms with van der Waals surface area (Å²) >= 11 is 0. The lowest BCUT2D eigenvalue weighted by atomic mass is 10.00. The lowest BCUT2D eigenvalue weighted by Gasteiger charge is -2.20. The molecule has 288 valence electrons. The predicted molar refractivity (Wildman–Crippen MR) is 184 cm³/mol. The Kier molecular flexibility index (Phi) is 12.7. The molecule has 2 N–H and O–H groups in total. The number of aryl methyl sites for hydroxylation is 2. The van der Waals surface area contributed by atoms with Crippen molar-refractivity contribution >= 4 is 11.8 Å². The predicted octanol–water partition coefficient (Wildman–Crippen LogP) is 6.40. The Bertz CT molecular complexity index is 1950. The highest BCUT2D eigenvalue weighted by Crippen LogP contribution is 2.35. The normalized spacial score (nSPS) is 15.3. The molecule has 0 saturated carbocycles. The highest BCUT2D eigenvalue weighted by atomic mass is 19.4. The van der Waals surface area contributed by atoms with Crippen LogP contribution in [0.3, 0.4) is 0 Å². The average molecular weight is 760 g/mol. The van der Waals surface area contributed by atoms with Crippen LogP contribution in [0.5, 0.6) is 0 Å². The Morgan fingerprint density at radius 1 is 0.704 bits per heavy atom. The van der Waals surface area contributed by atoms with E-state index in [1.54, 1.807) is 46.2 Å². The molecule has 2 fully saturated rings. The summed E-state index contributed by atoms with van der Waals surface area (Å²) in [7, 11) is 0. The van der Waals surface area contributed by atoms with Gasteiger partial charge in [0, 0.05) is 54.5 Å². The molecule has 54 heavy (non-hydrogen) atoms. The molecule has 16 heteroatoms. The van der Waals surface area contributed by atoms with E-state index in [9.17, 15) is 46.1 Å². The Hall–Kier alpha value is -4.93. The number of alkyl halides is 6. The van der Waals surface area contributed by atoms with Crippen molar-refractivity contribution in [2.24, 2.45) is 0 Å². The Labute approximate surface area is 307 Å². The summed E-state index contributed by atoms with van der Waals surface area (Å²) in [6.45, 7) is 5.07. The summed E-state index contributed by atoms with van der Waals surface area (Å²) in [6.07, 6.45) is -6.02. The number of hydrogen-bond acceptors (Lipinski definition) is 8. The van der Waals surface area contributed by atoms with Gasteiger partial charge in [-0.2, -0.15) is 26.3 Å². The number of amides is 2. The molecular formula is C38H39F6N5O5. The van der Waals surface area contributed by atoms with Gasteiger partial charge in [-0.3, -0.25) is 14.6 Å². The summed E-state index contributed by atoms with van der Waals surface area (Å²) in [6, 6.07) is 12.0. The molecule has 0 bridgehead atoms. The summed E-state index contributed by atoms with van der Waals surface area (Å²) < 4.78 is 83.8. The molecule has 2 saturated heterocycles. The van der Waals surface area contributed by atoms with Gasteiger partial charge >= 0.3 is 12.4 Å². The lowest BCUT2D eigenvalue weighted by Crippen LogP contribution is -2.31. The van der Waals surface area contributed by atoms with Gasteiger partial charge in [0.15, 0.2) is 0 Å². The SMILES string of the molecule is Cc1cc(C(F)(F)F)nc(-c2ccc(CN3CCCC3=O)nc2)c1CO.Cc1cc(C(F)(F)F)nc(-c2ccc(CN3CCOCCC3=O)cc2)c1CO. The second-order valence-electron chi connectivity index (χ2n) is 12.9. The van der Waals surface area contributed by atoms with Crippen molar-refractivity contribution in [1.82, 2.24) is 24.8 Å². The number of aliphatic hydroxyl groups is 2. The molecule has 10 nitrogen and oxygen atoms in total. The van der Waals surface area contributed by atoms with Gasteiger partial charge in [-0.25, -0.2) is 9.97 Å². The minimum absolute atomic E-state index is 0.0133. The molecule has 6 rings (SSSR count). The number of aromatic nitrogens is 3. The maximum atomic E-state index is 13.1. The van der Waals surface area contributed by atoms with Gasteiger partial charge in [0.25, 0.3) is 0 Å². The molecule has 0 unspecified atom stereocenters. The second-order valence-corrected chi connectivity index (χ2v) is 12.9. The van der Waals surface area contributed by atoms with Crippen LogP contribution in [0, 0.1) is 13.8 Å². The molecule has 2 aliphatic rings. The Morgan fingerprint density at radius 2 is 1.24 bits per heavy atom. The van der Waals surface area contributed by atoms with Gasteiger partial charge in [-0.1, -0.05) is 24.3 Å². The van der Waals surface area contributed by atoms with Crippen molar-refractivity contribution in [3.8, 4) is 22.5 Å². The number of halogens is 6. The fourth-order valence-electron chi connectivity index (χ4n) is 6.17. The second kappa shape index (κ2) is 17.0. The quantitative estimate of drug-likeness (QED) is 0.198. The van der Waals surface area contributed by atoms with E-state index in [1.807, 2.05) is 0 Å². The van der Waals surface area contributed by atoms with E-state index in [-0.39, 0.29) is 23.2 Å². The molecule has 3 aromatic heterocycles. The van der Waals surface area contributed by atoms with Crippen molar-refractivity contribution in [3.63, 3.8) is 0 Å². The third-order valence-corrected chi connectivity index (χ3v) is 9.13. The maximum Gasteiger partial charge on any atom is 0.433 e. The van der Waals surface area contributed by atoms with Crippen molar-refractivity contribution in [2.45, 2.75) is 71.8 Å². The number of carbonyl (C=O) groups excluding carboxylic acids is 2. The number of benzene rings is 1. The molecular weight excluding hydrogens is 720 g/mol. The topological polar surface area (TPSA) is 129 Å². The van der Waals surface area contributed by atoms with Crippen LogP contribution < -0.4 is 0 Å². The number of likely N-dealkylation sites (tertiary alicyclic amines) is 1. The molecule has 1 aromatic carbocycles. The fraction of sp³-hybridized carbons (Fsp3) is 0.395. The van der Waals surface area contributed by atoms with Gasteiger partial charge in [-0.05, 0) is 61.2 Å². The van der Waals surface area contributed by atoms with Crippen LogP contribution in [-0.2, 0) is 53.0 Å². The summed E-state index contributed by atoms with van der Waals surface area (Å²) in [5.74, 6) is 0.0907. The number of rotatable bonds is 8. The smallest absolute Gasteiger partial charge is 0.392 e. The third-order valence-electron chi connectivity index (χ3n) is 9.13. The largest absolute Gasteiger partial charge is 0.433 e. The van der Waals surface area contributed by atoms with Crippen LogP contribution in [0.2, 0.25) is 0 Å². The first kappa shape index (κ1) is 40.3. The molecule has 2 aliphatic heterocycles. The van der Waals surface area contributed by atoms with Crippen LogP contribution in [0.4, 0.5) is 26.3 Å². The molecule has 4 aromatic rings. The maximum absolute atomic E-state index is 13.1. The number of carbonyl (C=O) groups is 2. The van der Waals surface area contributed by atoms with Gasteiger partial charge in [0.05, 0.1) is 56.5 Å². The summed E-state index contributed by atoms with van der Waals surface area (Å²) in [5, 5.41) is 19.1. The molecule has 0 aliphatic carbocycles. The van der Waals surface area contributed by atoms with Crippen LogP contribution in [0.1, 0.15) is 64.2 Å². The van der Waals surface area contributed by atoms with Crippen molar-refractivity contribution < 1.29 is 50.9 Å². The van der Waals surface area contributed by atoms with Crippen molar-refractivity contribution in [3.05, 3.63) is 99.6 Å². The highest BCUT2D eigenvalue weighted by Gasteiger charge is 2.35. The first-order valence-corrected chi connectivity index (χ1v) is 17.1. The molecule has 0 radical (unpaired) electrons. The van der Waals surface area contributed by atoms with E-state index in [0.717, 1.165) is 24.1 Å². The molecule has 0 spiro atoms. The van der Waals surface area contributed by atoms with E-state index in [4.69, 9.17) is 4.74 Å². The standard InChI is InChI=1S/C20H21F3N2O3.C18H18F3N3O2/c1-13-10-17(20(21,22)23)24-19(16(13)12-26)15-4-2-14(3-5-15)11-25-7-9-28-8-6-18(25)27;1-11-7-15(18(19,20)21)23-17(14(11)10-25)12-4-5-13(22-8-12)9-24-6-2-3-16(24)26/h2-5,10,26H,6-9,11-12H2,1H3;4-5,7-8,25H,2-3,6,9-10H2,1H3. The van der Waals surface area contributed by atoms with Crippen LogP contribution in [0.15, 0.2) is 54.7 Å². The number of nitrogens with zero attached hydrogens (tertiary/aromatic N) is 5. The minimum atomic E-state index is -4.57. The number of ether oxygens (including phenoxy) is 1. The molecule has 5 heterocycles. The third kappa shape index (κ3) is 9.78. The lowest BCUT2D eigenvalue weighted by molar-refractivity contribution is -0.141. The summed E-state index contributed by atoms with van der Waals surface area (Å²) in [5.41, 5.74) is 1.90. The van der Waals surface area contributed by atoms with Gasteiger partial charge < -0.3 is 24.7 Å². The zero-order valence-corrected chi connectivity index (χ0v) is 29.6. The van der Waals surface area contributed by atoms with E-state index < -0.39 is 37.0 Å².